The van der Waals surface area contributed by atoms with Crippen molar-refractivity contribution in [2.24, 2.45) is 0 Å². The van der Waals surface area contributed by atoms with Crippen molar-refractivity contribution in [1.82, 2.24) is 4.90 Å². The first-order valence-corrected chi connectivity index (χ1v) is 7.50. The molecule has 0 aliphatic carbocycles. The summed E-state index contributed by atoms with van der Waals surface area (Å²) in [6.07, 6.45) is 2.08. The molecule has 103 valence electrons. The van der Waals surface area contributed by atoms with E-state index >= 15 is 0 Å². The van der Waals surface area contributed by atoms with Crippen molar-refractivity contribution in [1.29, 1.82) is 5.26 Å². The van der Waals surface area contributed by atoms with E-state index in [1.54, 1.807) is 17.8 Å². The summed E-state index contributed by atoms with van der Waals surface area (Å²) in [5.74, 6) is 2.09. The Morgan fingerprint density at radius 3 is 2.76 bits per heavy atom. The van der Waals surface area contributed by atoms with Crippen molar-refractivity contribution in [3.8, 4) is 6.07 Å². The monoisotopic (exact) mass is 292 g/mol. The summed E-state index contributed by atoms with van der Waals surface area (Å²) in [5.41, 5.74) is 2.87. The number of rotatable bonds is 4. The molecule has 1 aliphatic heterocycles. The van der Waals surface area contributed by atoms with Crippen LogP contribution in [-0.2, 0) is 6.54 Å². The molecule has 1 aliphatic rings. The molecule has 4 heteroatoms. The highest BCUT2D eigenvalue weighted by Crippen LogP contribution is 2.31. The largest absolute Gasteiger partial charge is 0.356 e. The Morgan fingerprint density at radius 2 is 1.95 bits per heavy atom. The first-order chi connectivity index (χ1) is 10.3. The van der Waals surface area contributed by atoms with Gasteiger partial charge >= 0.3 is 0 Å². The average molecular weight is 292 g/mol. The Morgan fingerprint density at radius 1 is 1.10 bits per heavy atom. The maximum atomic E-state index is 8.92. The molecule has 1 N–H and O–H groups in total. The fourth-order valence-corrected chi connectivity index (χ4v) is 2.84. The van der Waals surface area contributed by atoms with E-state index in [9.17, 15) is 0 Å². The van der Waals surface area contributed by atoms with Crippen LogP contribution in [0.3, 0.4) is 0 Å². The van der Waals surface area contributed by atoms with Crippen LogP contribution in [0, 0.1) is 17.2 Å². The van der Waals surface area contributed by atoms with Gasteiger partial charge in [-0.3, -0.25) is 0 Å². The fraction of sp³-hybridized carbons (Fsp3) is 0.0588. The number of hydrogen-bond donors (Lipinski definition) is 1. The Bertz CT molecular complexity index is 689. The van der Waals surface area contributed by atoms with Crippen molar-refractivity contribution < 1.29 is 0 Å². The summed E-state index contributed by atoms with van der Waals surface area (Å²) in [4.78, 5) is 2.15. The molecule has 2 aromatic rings. The molecule has 0 fully saturated rings. The normalized spacial score (nSPS) is 13.7. The summed E-state index contributed by atoms with van der Waals surface area (Å²) in [6.45, 7) is 0.858. The van der Waals surface area contributed by atoms with Crippen LogP contribution in [-0.4, -0.2) is 4.90 Å². The van der Waals surface area contributed by atoms with Crippen LogP contribution < -0.4 is 5.32 Å². The van der Waals surface area contributed by atoms with Crippen molar-refractivity contribution in [2.45, 2.75) is 6.54 Å². The molecule has 0 atom stereocenters. The quantitative estimate of drug-likeness (QED) is 0.919. The Hall–Kier alpha value is -2.38. The van der Waals surface area contributed by atoms with Crippen LogP contribution in [0.15, 0.2) is 65.8 Å². The lowest BCUT2D eigenvalue weighted by Crippen LogP contribution is -2.08. The third-order valence-electron chi connectivity index (χ3n) is 3.07. The van der Waals surface area contributed by atoms with E-state index in [1.165, 1.54) is 5.56 Å². The van der Waals surface area contributed by atoms with Crippen molar-refractivity contribution in [3.05, 3.63) is 82.8 Å². The molecular formula is C17H14N3S. The average Bonchev–Trinajstić information content (AvgIpc) is 2.95. The van der Waals surface area contributed by atoms with Gasteiger partial charge in [-0.05, 0) is 23.8 Å². The number of thioether (sulfide) groups is 1. The number of nitrogens with one attached hydrogen (secondary N) is 1. The molecular weight excluding hydrogens is 278 g/mol. The zero-order valence-corrected chi connectivity index (χ0v) is 12.2. The summed E-state index contributed by atoms with van der Waals surface area (Å²) in [5, 5.41) is 13.3. The predicted octanol–water partition coefficient (Wildman–Crippen LogP) is 4.14. The van der Waals surface area contributed by atoms with Gasteiger partial charge in [0.1, 0.15) is 5.88 Å². The lowest BCUT2D eigenvalue weighted by molar-refractivity contribution is 0.488. The van der Waals surface area contributed by atoms with Gasteiger partial charge in [-0.2, -0.15) is 5.26 Å². The first kappa shape index (κ1) is 13.6. The standard InChI is InChI=1S/C17H14N3S/c18-10-15-7-4-8-16(9-15)19-17-12-20(13-21-17)11-14-5-2-1-3-6-14/h1-9,12-13,19H,11H2. The molecule has 1 radical (unpaired) electrons. The van der Waals surface area contributed by atoms with Crippen molar-refractivity contribution >= 4 is 17.4 Å². The highest BCUT2D eigenvalue weighted by molar-refractivity contribution is 8.05. The van der Waals surface area contributed by atoms with Crippen LogP contribution in [0.25, 0.3) is 0 Å². The van der Waals surface area contributed by atoms with E-state index in [0.717, 1.165) is 17.3 Å². The van der Waals surface area contributed by atoms with E-state index in [1.807, 2.05) is 24.3 Å². The van der Waals surface area contributed by atoms with E-state index in [4.69, 9.17) is 5.26 Å². The van der Waals surface area contributed by atoms with E-state index in [0.29, 0.717) is 5.56 Å². The maximum Gasteiger partial charge on any atom is 0.111 e. The maximum absolute atomic E-state index is 8.92. The van der Waals surface area contributed by atoms with Gasteiger partial charge in [-0.25, -0.2) is 0 Å². The Kier molecular flexibility index (Phi) is 4.13. The molecule has 0 amide bonds. The molecule has 0 spiro atoms. The minimum absolute atomic E-state index is 0.661. The molecule has 0 unspecified atom stereocenters. The van der Waals surface area contributed by atoms with Crippen LogP contribution in [0.4, 0.5) is 5.69 Å². The van der Waals surface area contributed by atoms with Gasteiger partial charge in [0, 0.05) is 18.4 Å². The molecule has 3 nitrogen and oxygen atoms in total. The smallest absolute Gasteiger partial charge is 0.111 e. The second-order valence-corrected chi connectivity index (χ2v) is 5.58. The molecule has 0 bridgehead atoms. The minimum Gasteiger partial charge on any atom is -0.356 e. The summed E-state index contributed by atoms with van der Waals surface area (Å²) in [6, 6.07) is 20.0. The zero-order chi connectivity index (χ0) is 14.5. The molecule has 3 rings (SSSR count). The molecule has 0 saturated carbocycles. The van der Waals surface area contributed by atoms with E-state index in [-0.39, 0.29) is 0 Å². The third kappa shape index (κ3) is 3.59. The number of benzene rings is 2. The van der Waals surface area contributed by atoms with Gasteiger partial charge in [-0.15, -0.1) is 0 Å². The summed E-state index contributed by atoms with van der Waals surface area (Å²) < 4.78 is 0. The molecule has 1 heterocycles. The lowest BCUT2D eigenvalue weighted by atomic mass is 10.2. The summed E-state index contributed by atoms with van der Waals surface area (Å²) >= 11 is 1.65. The van der Waals surface area contributed by atoms with Crippen LogP contribution in [0.1, 0.15) is 11.1 Å². The van der Waals surface area contributed by atoms with Crippen molar-refractivity contribution in [2.75, 3.05) is 5.32 Å². The Labute approximate surface area is 128 Å². The molecule has 0 saturated heterocycles. The van der Waals surface area contributed by atoms with Crippen molar-refractivity contribution in [3.63, 3.8) is 0 Å². The molecule has 21 heavy (non-hydrogen) atoms. The highest BCUT2D eigenvalue weighted by Gasteiger charge is 2.14. The van der Waals surface area contributed by atoms with Gasteiger partial charge in [0.2, 0.25) is 0 Å². The van der Waals surface area contributed by atoms with Gasteiger partial charge in [-0.1, -0.05) is 48.2 Å². The van der Waals surface area contributed by atoms with Crippen LogP contribution in [0.5, 0.6) is 0 Å². The lowest BCUT2D eigenvalue weighted by Gasteiger charge is -2.12. The van der Waals surface area contributed by atoms with E-state index < -0.39 is 0 Å². The SMILES string of the molecule is N#Cc1cccc(NC2=CN(Cc3ccccc3)[CH]S2)c1. The fourth-order valence-electron chi connectivity index (χ4n) is 2.08. The number of anilines is 1. The summed E-state index contributed by atoms with van der Waals surface area (Å²) in [7, 11) is 0. The van der Waals surface area contributed by atoms with Gasteiger partial charge < -0.3 is 10.2 Å². The van der Waals surface area contributed by atoms with Gasteiger partial charge in [0.25, 0.3) is 0 Å². The third-order valence-corrected chi connectivity index (χ3v) is 3.90. The Balaban J connectivity index is 1.65. The predicted molar refractivity (Wildman–Crippen MR) is 86.7 cm³/mol. The number of nitrogens with zero attached hydrogens (tertiary/aromatic N) is 2. The van der Waals surface area contributed by atoms with Crippen LogP contribution in [0.2, 0.25) is 0 Å². The number of nitriles is 1. The highest BCUT2D eigenvalue weighted by atomic mass is 32.2. The van der Waals surface area contributed by atoms with Crippen LogP contribution >= 0.6 is 11.8 Å². The van der Waals surface area contributed by atoms with E-state index in [2.05, 4.69) is 52.6 Å². The zero-order valence-electron chi connectivity index (χ0n) is 11.4. The molecule has 2 aromatic carbocycles. The topological polar surface area (TPSA) is 39.1 Å². The molecule has 0 aromatic heterocycles. The van der Waals surface area contributed by atoms with Gasteiger partial charge in [0.05, 0.1) is 16.7 Å². The minimum atomic E-state index is 0.661. The first-order valence-electron chi connectivity index (χ1n) is 6.62. The number of hydrogen-bond acceptors (Lipinski definition) is 4. The second kappa shape index (κ2) is 6.38. The van der Waals surface area contributed by atoms with Gasteiger partial charge in [0.15, 0.2) is 0 Å². The second-order valence-electron chi connectivity index (χ2n) is 4.69.